The molecule has 2 rings (SSSR count). The molecule has 2 amide bonds. The molecule has 1 aromatic rings. The van der Waals surface area contributed by atoms with Crippen LogP contribution in [-0.2, 0) is 14.8 Å². The number of halogens is 2. The lowest BCUT2D eigenvalue weighted by molar-refractivity contribution is 0.0924. The molecule has 9 nitrogen and oxygen atoms in total. The fraction of sp³-hybridized carbons (Fsp3) is 0.529. The van der Waals surface area contributed by atoms with Crippen molar-refractivity contribution in [3.05, 3.63) is 27.1 Å². The average Bonchev–Trinajstić information content (AvgIpc) is 2.96. The number of hydrogen-bond donors (Lipinski definition) is 3. The van der Waals surface area contributed by atoms with E-state index in [0.717, 1.165) is 4.90 Å². The maximum Gasteiger partial charge on any atom is 0.407 e. The monoisotopic (exact) mass is 555 g/mol. The number of rotatable bonds is 5. The standard InChI is InChI=1S/C17H23Br2N3O6S/c1-17(2,3)20-15(23)28-9-12-7-11(8-22(12)16(24)25)21-29(26,27)14-6-10(18)4-5-13(14)19/h4-6,11-12,21H,7-9H2,1-3H3,(H,20,23)(H,24,25)/t11-,12-/m1/s1. The molecule has 0 saturated carbocycles. The van der Waals surface area contributed by atoms with Gasteiger partial charge in [-0.25, -0.2) is 22.7 Å². The number of alkyl carbamates (subject to hydrolysis) is 1. The normalized spacial score (nSPS) is 19.8. The molecule has 1 aliphatic heterocycles. The topological polar surface area (TPSA) is 125 Å². The average molecular weight is 557 g/mol. The third-order valence-electron chi connectivity index (χ3n) is 4.05. The molecular weight excluding hydrogens is 534 g/mol. The Labute approximate surface area is 186 Å². The molecular formula is C17H23Br2N3O6S. The van der Waals surface area contributed by atoms with Gasteiger partial charge in [-0.15, -0.1) is 0 Å². The summed E-state index contributed by atoms with van der Waals surface area (Å²) in [6.07, 6.45) is -1.69. The smallest absolute Gasteiger partial charge is 0.407 e. The Morgan fingerprint density at radius 1 is 1.31 bits per heavy atom. The van der Waals surface area contributed by atoms with Crippen LogP contribution in [0.5, 0.6) is 0 Å². The predicted octanol–water partition coefficient (Wildman–Crippen LogP) is 3.14. The summed E-state index contributed by atoms with van der Waals surface area (Å²) in [5.41, 5.74) is -0.491. The van der Waals surface area contributed by atoms with Crippen LogP contribution in [0.4, 0.5) is 9.59 Å². The molecule has 2 atom stereocenters. The van der Waals surface area contributed by atoms with E-state index in [2.05, 4.69) is 41.9 Å². The van der Waals surface area contributed by atoms with Gasteiger partial charge < -0.3 is 20.1 Å². The second kappa shape index (κ2) is 9.19. The molecule has 12 heteroatoms. The Morgan fingerprint density at radius 2 is 1.97 bits per heavy atom. The SMILES string of the molecule is CC(C)(C)NC(=O)OC[C@H]1C[C@@H](NS(=O)(=O)c2cc(Br)ccc2Br)CN1C(=O)O. The molecule has 1 aliphatic rings. The number of nitrogens with one attached hydrogen (secondary N) is 2. The summed E-state index contributed by atoms with van der Waals surface area (Å²) < 4.78 is 34.1. The molecule has 0 bridgehead atoms. The van der Waals surface area contributed by atoms with Crippen LogP contribution in [0.3, 0.4) is 0 Å². The third kappa shape index (κ3) is 6.83. The summed E-state index contributed by atoms with van der Waals surface area (Å²) in [6, 6.07) is 3.44. The first-order chi connectivity index (χ1) is 13.3. The number of nitrogens with zero attached hydrogens (tertiary/aromatic N) is 1. The molecule has 3 N–H and O–H groups in total. The number of likely N-dealkylation sites (tertiary alicyclic amines) is 1. The minimum Gasteiger partial charge on any atom is -0.465 e. The van der Waals surface area contributed by atoms with E-state index in [1.54, 1.807) is 32.9 Å². The van der Waals surface area contributed by atoms with E-state index in [4.69, 9.17) is 4.74 Å². The van der Waals surface area contributed by atoms with Crippen molar-refractivity contribution in [1.29, 1.82) is 0 Å². The molecule has 29 heavy (non-hydrogen) atoms. The number of sulfonamides is 1. The lowest BCUT2D eigenvalue weighted by atomic mass is 10.1. The molecule has 0 aliphatic carbocycles. The maximum absolute atomic E-state index is 12.7. The number of ether oxygens (including phenoxy) is 1. The number of carboxylic acid groups (broad SMARTS) is 1. The second-order valence-electron chi connectivity index (χ2n) is 7.69. The lowest BCUT2D eigenvalue weighted by Gasteiger charge is -2.23. The molecule has 1 heterocycles. The first kappa shape index (κ1) is 23.9. The molecule has 1 aromatic carbocycles. The van der Waals surface area contributed by atoms with Gasteiger partial charge in [0.15, 0.2) is 0 Å². The zero-order valence-corrected chi connectivity index (χ0v) is 20.1. The zero-order valence-electron chi connectivity index (χ0n) is 16.1. The summed E-state index contributed by atoms with van der Waals surface area (Å²) in [6.45, 7) is 5.15. The summed E-state index contributed by atoms with van der Waals surface area (Å²) in [5, 5.41) is 12.0. The van der Waals surface area contributed by atoms with E-state index in [1.807, 2.05) is 0 Å². The van der Waals surface area contributed by atoms with Crippen LogP contribution in [0.2, 0.25) is 0 Å². The third-order valence-corrected chi connectivity index (χ3v) is 7.06. The Hall–Kier alpha value is -1.37. The van der Waals surface area contributed by atoms with Gasteiger partial charge in [-0.05, 0) is 61.3 Å². The van der Waals surface area contributed by atoms with Crippen LogP contribution in [0.15, 0.2) is 32.0 Å². The predicted molar refractivity (Wildman–Crippen MR) is 113 cm³/mol. The number of carbonyl (C=O) groups excluding carboxylic acids is 1. The molecule has 1 fully saturated rings. The highest BCUT2D eigenvalue weighted by Gasteiger charge is 2.38. The Bertz CT molecular complexity index is 888. The van der Waals surface area contributed by atoms with E-state index in [0.29, 0.717) is 8.95 Å². The van der Waals surface area contributed by atoms with Gasteiger partial charge in [0, 0.05) is 27.1 Å². The Kier molecular flexibility index (Phi) is 7.57. The molecule has 0 unspecified atom stereocenters. The van der Waals surface area contributed by atoms with Crippen molar-refractivity contribution in [2.45, 2.75) is 49.7 Å². The van der Waals surface area contributed by atoms with Gasteiger partial charge in [0.2, 0.25) is 10.0 Å². The number of benzene rings is 1. The van der Waals surface area contributed by atoms with Gasteiger partial charge >= 0.3 is 12.2 Å². The van der Waals surface area contributed by atoms with Gasteiger partial charge in [-0.3, -0.25) is 0 Å². The van der Waals surface area contributed by atoms with Crippen molar-refractivity contribution in [1.82, 2.24) is 14.9 Å². The minimum atomic E-state index is -3.89. The summed E-state index contributed by atoms with van der Waals surface area (Å²) in [5.74, 6) is 0. The van der Waals surface area contributed by atoms with E-state index in [-0.39, 0.29) is 24.5 Å². The first-order valence-electron chi connectivity index (χ1n) is 8.70. The Balaban J connectivity index is 2.07. The fourth-order valence-electron chi connectivity index (χ4n) is 2.87. The van der Waals surface area contributed by atoms with Gasteiger partial charge in [0.25, 0.3) is 0 Å². The van der Waals surface area contributed by atoms with Crippen LogP contribution in [0.25, 0.3) is 0 Å². The summed E-state index contributed by atoms with van der Waals surface area (Å²) in [4.78, 5) is 24.5. The van der Waals surface area contributed by atoms with E-state index >= 15 is 0 Å². The number of hydrogen-bond acceptors (Lipinski definition) is 5. The molecule has 0 radical (unpaired) electrons. The van der Waals surface area contributed by atoms with Crippen molar-refractivity contribution < 1.29 is 27.9 Å². The van der Waals surface area contributed by atoms with E-state index in [1.165, 1.54) is 6.07 Å². The Morgan fingerprint density at radius 3 is 2.55 bits per heavy atom. The fourth-order valence-corrected chi connectivity index (χ4v) is 5.62. The molecule has 0 aromatic heterocycles. The maximum atomic E-state index is 12.7. The first-order valence-corrected chi connectivity index (χ1v) is 11.8. The van der Waals surface area contributed by atoms with Crippen molar-refractivity contribution in [3.63, 3.8) is 0 Å². The lowest BCUT2D eigenvalue weighted by Crippen LogP contribution is -2.43. The number of carbonyl (C=O) groups is 2. The van der Waals surface area contributed by atoms with Crippen molar-refractivity contribution in [3.8, 4) is 0 Å². The van der Waals surface area contributed by atoms with Crippen molar-refractivity contribution in [2.75, 3.05) is 13.2 Å². The van der Waals surface area contributed by atoms with E-state index < -0.39 is 39.8 Å². The largest absolute Gasteiger partial charge is 0.465 e. The molecule has 0 spiro atoms. The van der Waals surface area contributed by atoms with Crippen molar-refractivity contribution >= 4 is 54.1 Å². The van der Waals surface area contributed by atoms with Gasteiger partial charge in [0.1, 0.15) is 6.61 Å². The second-order valence-corrected chi connectivity index (χ2v) is 11.1. The number of amides is 2. The molecule has 1 saturated heterocycles. The van der Waals surface area contributed by atoms with Crippen LogP contribution in [-0.4, -0.2) is 61.4 Å². The van der Waals surface area contributed by atoms with Gasteiger partial charge in [-0.1, -0.05) is 15.9 Å². The highest BCUT2D eigenvalue weighted by atomic mass is 79.9. The van der Waals surface area contributed by atoms with Crippen LogP contribution >= 0.6 is 31.9 Å². The highest BCUT2D eigenvalue weighted by Crippen LogP contribution is 2.27. The van der Waals surface area contributed by atoms with E-state index in [9.17, 15) is 23.1 Å². The summed E-state index contributed by atoms with van der Waals surface area (Å²) in [7, 11) is -3.89. The van der Waals surface area contributed by atoms with Crippen LogP contribution in [0, 0.1) is 0 Å². The summed E-state index contributed by atoms with van der Waals surface area (Å²) >= 11 is 6.46. The highest BCUT2D eigenvalue weighted by molar-refractivity contribution is 9.11. The van der Waals surface area contributed by atoms with Crippen molar-refractivity contribution in [2.24, 2.45) is 0 Å². The van der Waals surface area contributed by atoms with Crippen LogP contribution in [0.1, 0.15) is 27.2 Å². The quantitative estimate of drug-likeness (QED) is 0.511. The zero-order chi connectivity index (χ0) is 22.0. The van der Waals surface area contributed by atoms with Gasteiger partial charge in [-0.2, -0.15) is 0 Å². The van der Waals surface area contributed by atoms with Crippen LogP contribution < -0.4 is 10.0 Å². The van der Waals surface area contributed by atoms with Gasteiger partial charge in [0.05, 0.1) is 10.9 Å². The minimum absolute atomic E-state index is 0.0398. The molecule has 162 valence electrons.